The van der Waals surface area contributed by atoms with Crippen molar-refractivity contribution in [1.82, 2.24) is 20.0 Å². The fourth-order valence-corrected chi connectivity index (χ4v) is 2.77. The number of piperazine rings is 1. The number of aromatic nitrogens is 2. The largest absolute Gasteiger partial charge is 0.314 e. The molecule has 110 valence electrons. The average Bonchev–Trinajstić information content (AvgIpc) is 3.20. The topological polar surface area (TPSA) is 62.2 Å². The summed E-state index contributed by atoms with van der Waals surface area (Å²) in [6.07, 6.45) is 4.31. The van der Waals surface area contributed by atoms with Crippen LogP contribution in [0.25, 0.3) is 0 Å². The van der Waals surface area contributed by atoms with E-state index in [1.807, 2.05) is 10.7 Å². The number of nitrogens with zero attached hydrogens (tertiary/aromatic N) is 3. The van der Waals surface area contributed by atoms with E-state index in [0.717, 1.165) is 37.9 Å². The highest BCUT2D eigenvalue weighted by atomic mass is 16.2. The van der Waals surface area contributed by atoms with Gasteiger partial charge in [0, 0.05) is 32.2 Å². The van der Waals surface area contributed by atoms with Crippen LogP contribution in [0.4, 0.5) is 5.82 Å². The van der Waals surface area contributed by atoms with E-state index in [-0.39, 0.29) is 5.91 Å². The Bertz CT molecular complexity index is 462. The van der Waals surface area contributed by atoms with Crippen LogP contribution in [0.1, 0.15) is 25.8 Å². The van der Waals surface area contributed by atoms with Crippen LogP contribution in [0.2, 0.25) is 0 Å². The normalized spacial score (nSPS) is 21.6. The molecule has 1 aromatic heterocycles. The molecule has 1 amide bonds. The first-order valence-corrected chi connectivity index (χ1v) is 7.50. The summed E-state index contributed by atoms with van der Waals surface area (Å²) >= 11 is 0. The van der Waals surface area contributed by atoms with E-state index in [4.69, 9.17) is 0 Å². The van der Waals surface area contributed by atoms with E-state index in [1.165, 1.54) is 12.8 Å². The van der Waals surface area contributed by atoms with E-state index in [1.54, 1.807) is 6.20 Å². The molecule has 0 aromatic carbocycles. The summed E-state index contributed by atoms with van der Waals surface area (Å²) in [5.41, 5.74) is 0. The molecule has 0 bridgehead atoms. The van der Waals surface area contributed by atoms with Crippen LogP contribution in [-0.4, -0.2) is 53.3 Å². The molecule has 1 aliphatic heterocycles. The molecule has 1 saturated heterocycles. The molecule has 1 saturated carbocycles. The zero-order chi connectivity index (χ0) is 13.9. The average molecular weight is 277 g/mol. The highest BCUT2D eigenvalue weighted by molar-refractivity contribution is 5.91. The molecule has 2 N–H and O–H groups in total. The summed E-state index contributed by atoms with van der Waals surface area (Å²) in [5.74, 6) is 1.60. The van der Waals surface area contributed by atoms with Crippen molar-refractivity contribution in [2.75, 3.05) is 38.0 Å². The first kappa shape index (κ1) is 13.6. The second-order valence-corrected chi connectivity index (χ2v) is 5.81. The number of hydrogen-bond donors (Lipinski definition) is 2. The molecule has 2 aliphatic rings. The fraction of sp³-hybridized carbons (Fsp3) is 0.714. The second-order valence-electron chi connectivity index (χ2n) is 5.81. The van der Waals surface area contributed by atoms with Gasteiger partial charge in [0.15, 0.2) is 0 Å². The van der Waals surface area contributed by atoms with Crippen molar-refractivity contribution in [3.63, 3.8) is 0 Å². The predicted molar refractivity (Wildman–Crippen MR) is 77.6 cm³/mol. The molecule has 6 nitrogen and oxygen atoms in total. The molecular formula is C14H23N5O. The molecule has 1 aliphatic carbocycles. The Morgan fingerprint density at radius 2 is 2.25 bits per heavy atom. The minimum absolute atomic E-state index is 0.0525. The molecule has 1 aromatic rings. The molecule has 2 fully saturated rings. The number of carbonyl (C=O) groups is 1. The highest BCUT2D eigenvalue weighted by Gasteiger charge is 2.30. The smallest absolute Gasteiger partial charge is 0.239 e. The second kappa shape index (κ2) is 5.93. The SMILES string of the molecule is CC(C1CC1)n1nccc1NC(=O)CN1CCNCC1. The molecule has 1 atom stereocenters. The molecule has 0 radical (unpaired) electrons. The van der Waals surface area contributed by atoms with Gasteiger partial charge in [-0.2, -0.15) is 5.10 Å². The van der Waals surface area contributed by atoms with Crippen molar-refractivity contribution in [3.05, 3.63) is 12.3 Å². The lowest BCUT2D eigenvalue weighted by molar-refractivity contribution is -0.117. The molecule has 6 heteroatoms. The van der Waals surface area contributed by atoms with Crippen LogP contribution in [0.3, 0.4) is 0 Å². The van der Waals surface area contributed by atoms with Gasteiger partial charge in [-0.3, -0.25) is 9.69 Å². The Morgan fingerprint density at radius 3 is 2.95 bits per heavy atom. The van der Waals surface area contributed by atoms with Gasteiger partial charge < -0.3 is 10.6 Å². The zero-order valence-corrected chi connectivity index (χ0v) is 12.0. The van der Waals surface area contributed by atoms with Crippen LogP contribution in [0, 0.1) is 5.92 Å². The zero-order valence-electron chi connectivity index (χ0n) is 12.0. The minimum Gasteiger partial charge on any atom is -0.314 e. The van der Waals surface area contributed by atoms with Gasteiger partial charge in [-0.15, -0.1) is 0 Å². The minimum atomic E-state index is 0.0525. The van der Waals surface area contributed by atoms with Gasteiger partial charge in [-0.05, 0) is 25.7 Å². The lowest BCUT2D eigenvalue weighted by atomic mass is 10.2. The quantitative estimate of drug-likeness (QED) is 0.831. The number of nitrogens with one attached hydrogen (secondary N) is 2. The lowest BCUT2D eigenvalue weighted by Gasteiger charge is -2.26. The molecule has 2 heterocycles. The van der Waals surface area contributed by atoms with Crippen molar-refractivity contribution < 1.29 is 4.79 Å². The number of hydrogen-bond acceptors (Lipinski definition) is 4. The third-order valence-corrected chi connectivity index (χ3v) is 4.20. The van der Waals surface area contributed by atoms with E-state index in [2.05, 4.69) is 27.6 Å². The summed E-state index contributed by atoms with van der Waals surface area (Å²) in [6.45, 7) is 6.44. The number of rotatable bonds is 5. The van der Waals surface area contributed by atoms with Crippen molar-refractivity contribution in [2.24, 2.45) is 5.92 Å². The van der Waals surface area contributed by atoms with Gasteiger partial charge in [-0.25, -0.2) is 4.68 Å². The van der Waals surface area contributed by atoms with Gasteiger partial charge >= 0.3 is 0 Å². The number of carbonyl (C=O) groups excluding carboxylic acids is 1. The Hall–Kier alpha value is -1.40. The van der Waals surface area contributed by atoms with Crippen molar-refractivity contribution in [3.8, 4) is 0 Å². The summed E-state index contributed by atoms with van der Waals surface area (Å²) in [7, 11) is 0. The molecular weight excluding hydrogens is 254 g/mol. The van der Waals surface area contributed by atoms with Crippen LogP contribution < -0.4 is 10.6 Å². The Kier molecular flexibility index (Phi) is 4.03. The maximum Gasteiger partial charge on any atom is 0.239 e. The number of amides is 1. The third kappa shape index (κ3) is 3.19. The summed E-state index contributed by atoms with van der Waals surface area (Å²) in [5, 5.41) is 10.6. The van der Waals surface area contributed by atoms with Gasteiger partial charge in [0.25, 0.3) is 0 Å². The van der Waals surface area contributed by atoms with E-state index in [9.17, 15) is 4.79 Å². The summed E-state index contributed by atoms with van der Waals surface area (Å²) in [4.78, 5) is 14.3. The van der Waals surface area contributed by atoms with Crippen LogP contribution in [0.15, 0.2) is 12.3 Å². The molecule has 1 unspecified atom stereocenters. The highest BCUT2D eigenvalue weighted by Crippen LogP contribution is 2.40. The van der Waals surface area contributed by atoms with Gasteiger partial charge in [0.05, 0.1) is 18.8 Å². The number of anilines is 1. The van der Waals surface area contributed by atoms with Gasteiger partial charge in [0.2, 0.25) is 5.91 Å². The van der Waals surface area contributed by atoms with Gasteiger partial charge in [0.1, 0.15) is 5.82 Å². The lowest BCUT2D eigenvalue weighted by Crippen LogP contribution is -2.46. The molecule has 0 spiro atoms. The van der Waals surface area contributed by atoms with Crippen LogP contribution in [0.5, 0.6) is 0 Å². The van der Waals surface area contributed by atoms with Crippen molar-refractivity contribution in [2.45, 2.75) is 25.8 Å². The summed E-state index contributed by atoms with van der Waals surface area (Å²) < 4.78 is 1.95. The predicted octanol–water partition coefficient (Wildman–Crippen LogP) is 0.698. The standard InChI is InChI=1S/C14H23N5O/c1-11(12-2-3-12)19-13(4-5-16-19)17-14(20)10-18-8-6-15-7-9-18/h4-5,11-12,15H,2-3,6-10H2,1H3,(H,17,20). The van der Waals surface area contributed by atoms with Gasteiger partial charge in [-0.1, -0.05) is 0 Å². The maximum absolute atomic E-state index is 12.1. The van der Waals surface area contributed by atoms with Crippen molar-refractivity contribution >= 4 is 11.7 Å². The molecule has 3 rings (SSSR count). The fourth-order valence-electron chi connectivity index (χ4n) is 2.77. The van der Waals surface area contributed by atoms with Crippen LogP contribution >= 0.6 is 0 Å². The first-order chi connectivity index (χ1) is 9.74. The monoisotopic (exact) mass is 277 g/mol. The third-order valence-electron chi connectivity index (χ3n) is 4.20. The van der Waals surface area contributed by atoms with E-state index >= 15 is 0 Å². The van der Waals surface area contributed by atoms with E-state index in [0.29, 0.717) is 12.6 Å². The summed E-state index contributed by atoms with van der Waals surface area (Å²) in [6, 6.07) is 2.26. The van der Waals surface area contributed by atoms with Crippen molar-refractivity contribution in [1.29, 1.82) is 0 Å². The molecule has 20 heavy (non-hydrogen) atoms. The maximum atomic E-state index is 12.1. The van der Waals surface area contributed by atoms with Crippen LogP contribution in [-0.2, 0) is 4.79 Å². The van der Waals surface area contributed by atoms with E-state index < -0.39 is 0 Å². The Balaban J connectivity index is 1.56. The Morgan fingerprint density at radius 1 is 1.50 bits per heavy atom. The first-order valence-electron chi connectivity index (χ1n) is 7.50. The Labute approximate surface area is 119 Å².